The third-order valence-corrected chi connectivity index (χ3v) is 25.5. The number of benzene rings is 7. The second kappa shape index (κ2) is 43.7. The van der Waals surface area contributed by atoms with E-state index in [1.165, 1.54) is 9.80 Å². The average Bonchev–Trinajstić information content (AvgIpc) is 1.02. The molecule has 3 heterocycles. The molecule has 4 fully saturated rings. The van der Waals surface area contributed by atoms with Gasteiger partial charge < -0.3 is 79.9 Å². The Labute approximate surface area is 771 Å². The van der Waals surface area contributed by atoms with Gasteiger partial charge in [0, 0.05) is 103 Å². The molecular formula is C98H112Cl3N9O18S. The third-order valence-electron chi connectivity index (χ3n) is 23.7. The molecule has 0 radical (unpaired) electrons. The largest absolute Gasteiger partial charge is 0.491 e. The number of aliphatic hydroxyl groups is 4. The highest BCUT2D eigenvalue weighted by Gasteiger charge is 2.64. The van der Waals surface area contributed by atoms with Gasteiger partial charge in [-0.3, -0.25) is 38.4 Å². The Bertz CT molecular complexity index is 5340. The van der Waals surface area contributed by atoms with Gasteiger partial charge in [0.2, 0.25) is 23.6 Å². The summed E-state index contributed by atoms with van der Waals surface area (Å²) < 4.78 is 34.7. The van der Waals surface area contributed by atoms with Crippen LogP contribution in [-0.2, 0) is 51.1 Å². The number of aromatic nitrogens is 1. The standard InChI is InChI=1S/C51H58Cl2N4O8.C47H54ClN5O10S/c1-49(2,3)44(46(62)57-29-37(58)26-41(57)42(59)23-10-31-8-18-36(52)19-9-31)55-43(60)30-63-24-25-64-38-20-15-33(16-21-38)32-11-13-34(14-12-32)45(61)56-47-50(4,5)48(51(47,6)7)65-39-22-17-35(28-54)40(53)27-39;1-27-43(64-26-50-27)29-8-5-28(6-9-29)7-16-39(55)38-19-33(54)22-53(38)46(60)44(47(2,3)4)52-42(58)25-61-23-40(56)41(57)24-62-34-13-10-30(11-14-34)45(59)51-32-17-36(18-32)63-35-15-12-31(21-49)37(48)20-35/h8-9,11-22,27,37,41,44,47-48,58H,10,23-26,29-30H2,1-7H3,(H,55,60)(H,56,61);5-6,8-15,20,26,32-33,36,38,40-41,44,54,56-57H,7,16-19,22-25H2,1-4H3,(H,51,59)(H,52,58)/t37-,41+,44-,47?,48?;32?,33-,36?,38+,40+,41+,44-/m11/s1. The summed E-state index contributed by atoms with van der Waals surface area (Å²) >= 11 is 19.9. The van der Waals surface area contributed by atoms with Crippen LogP contribution >= 0.6 is 46.1 Å². The first-order valence-corrected chi connectivity index (χ1v) is 45.0. The highest BCUT2D eigenvalue weighted by Crippen LogP contribution is 2.56. The number of halogens is 3. The van der Waals surface area contributed by atoms with Crippen LogP contribution in [0.25, 0.3) is 21.6 Å². The summed E-state index contributed by atoms with van der Waals surface area (Å²) in [6.07, 6.45) is -2.06. The topological polar surface area (TPSA) is 388 Å². The first-order chi connectivity index (χ1) is 61.2. The number of likely N-dealkylation sites (tertiary alicyclic amines) is 2. The summed E-state index contributed by atoms with van der Waals surface area (Å²) in [4.78, 5) is 115. The summed E-state index contributed by atoms with van der Waals surface area (Å²) in [5.41, 5.74) is 7.01. The van der Waals surface area contributed by atoms with Gasteiger partial charge in [-0.2, -0.15) is 10.5 Å². The zero-order valence-corrected chi connectivity index (χ0v) is 77.2. The van der Waals surface area contributed by atoms with Gasteiger partial charge in [-0.1, -0.05) is 165 Å². The van der Waals surface area contributed by atoms with Crippen LogP contribution in [0.1, 0.15) is 156 Å². The average molecular weight is 1840 g/mol. The molecule has 8 aromatic rings. The maximum atomic E-state index is 14.0. The van der Waals surface area contributed by atoms with Crippen LogP contribution in [-0.4, -0.2) is 208 Å². The van der Waals surface area contributed by atoms with Crippen molar-refractivity contribution >= 4 is 93.1 Å². The van der Waals surface area contributed by atoms with Crippen molar-refractivity contribution < 1.29 is 87.2 Å². The second-order valence-electron chi connectivity index (χ2n) is 36.5. The first kappa shape index (κ1) is 98.7. The number of β-amino-alcohol motifs (C(OH)–C–C–N with tert-alkyl or cyclic N) is 2. The molecule has 12 rings (SSSR count). The Morgan fingerprint density at radius 1 is 0.543 bits per heavy atom. The van der Waals surface area contributed by atoms with E-state index >= 15 is 0 Å². The summed E-state index contributed by atoms with van der Waals surface area (Å²) in [5.74, 6) is -0.739. The number of ether oxygens (including phenoxy) is 6. The minimum absolute atomic E-state index is 0.00959. The van der Waals surface area contributed by atoms with Crippen molar-refractivity contribution in [2.75, 3.05) is 52.7 Å². The van der Waals surface area contributed by atoms with Crippen molar-refractivity contribution in [2.45, 2.75) is 200 Å². The van der Waals surface area contributed by atoms with E-state index in [1.54, 1.807) is 123 Å². The number of rotatable bonds is 36. The van der Waals surface area contributed by atoms with E-state index in [0.717, 1.165) is 38.4 Å². The molecule has 2 saturated carbocycles. The van der Waals surface area contributed by atoms with Gasteiger partial charge >= 0.3 is 0 Å². The molecule has 2 aliphatic carbocycles. The third kappa shape index (κ3) is 26.1. The first-order valence-electron chi connectivity index (χ1n) is 42.9. The monoisotopic (exact) mass is 1840 g/mol. The summed E-state index contributed by atoms with van der Waals surface area (Å²) in [7, 11) is 0. The van der Waals surface area contributed by atoms with Crippen LogP contribution in [0, 0.1) is 51.2 Å². The SMILES string of the molecule is CC1(C)C(NC(=O)c2ccc(-c3ccc(OCCOCC(=O)N[C@H](C(=O)N4C[C@H](O)C[C@H]4C(=O)CCc4ccc(Cl)cc4)C(C)(C)C)cc3)cc2)C(C)(C)C1Oc1ccc(C#N)c(Cl)c1.Cc1ncsc1-c1ccc(CCC(=O)[C@@H]2C[C@@H](O)CN2C(=O)[C@@H](NC(=O)COC[C@H](O)[C@@H](O)COc2ccc(C(=O)NC3CC(Oc4ccc(C#N)c(Cl)c4)C3)cc2)C(C)(C)C)cc1. The molecule has 2 saturated heterocycles. The van der Waals surface area contributed by atoms with Crippen LogP contribution < -0.4 is 40.2 Å². The van der Waals surface area contributed by atoms with E-state index < -0.39 is 107 Å². The number of aryl methyl sites for hydroxylation is 3. The molecule has 27 nitrogen and oxygen atoms in total. The zero-order valence-electron chi connectivity index (χ0n) is 74.1. The number of nitrogens with zero attached hydrogens (tertiary/aromatic N) is 5. The molecule has 0 unspecified atom stereocenters. The predicted molar refractivity (Wildman–Crippen MR) is 489 cm³/mol. The molecular weight excluding hydrogens is 1730 g/mol. The molecule has 8 N–H and O–H groups in total. The number of hydrogen-bond donors (Lipinski definition) is 8. The Morgan fingerprint density at radius 2 is 0.977 bits per heavy atom. The number of ketones is 2. The predicted octanol–water partition coefficient (Wildman–Crippen LogP) is 13.0. The molecule has 6 amide bonds. The van der Waals surface area contributed by atoms with Gasteiger partial charge in [0.05, 0.1) is 74.8 Å². The van der Waals surface area contributed by atoms with E-state index in [4.69, 9.17) is 68.5 Å². The van der Waals surface area contributed by atoms with Crippen LogP contribution in [0.5, 0.6) is 23.0 Å². The Morgan fingerprint density at radius 3 is 1.46 bits per heavy atom. The molecule has 0 spiro atoms. The Hall–Kier alpha value is -10.9. The summed E-state index contributed by atoms with van der Waals surface area (Å²) in [5, 5.41) is 73.3. The van der Waals surface area contributed by atoms with Crippen LogP contribution in [0.4, 0.5) is 0 Å². The van der Waals surface area contributed by atoms with E-state index in [0.29, 0.717) is 86.0 Å². The smallest absolute Gasteiger partial charge is 0.251 e. The number of amides is 6. The lowest BCUT2D eigenvalue weighted by Gasteiger charge is -2.63. The minimum Gasteiger partial charge on any atom is -0.491 e. The van der Waals surface area contributed by atoms with Gasteiger partial charge in [-0.25, -0.2) is 4.98 Å². The highest BCUT2D eigenvalue weighted by atomic mass is 35.5. The lowest BCUT2D eigenvalue weighted by molar-refractivity contribution is -0.164. The maximum absolute atomic E-state index is 14.0. The molecule has 684 valence electrons. The van der Waals surface area contributed by atoms with Crippen molar-refractivity contribution in [3.8, 4) is 56.7 Å². The van der Waals surface area contributed by atoms with Gasteiger partial charge in [-0.15, -0.1) is 11.3 Å². The maximum Gasteiger partial charge on any atom is 0.251 e. The van der Waals surface area contributed by atoms with Gasteiger partial charge in [0.1, 0.15) is 98.1 Å². The lowest BCUT2D eigenvalue weighted by atomic mass is 9.49. The van der Waals surface area contributed by atoms with Crippen molar-refractivity contribution in [2.24, 2.45) is 21.7 Å². The van der Waals surface area contributed by atoms with Crippen LogP contribution in [0.2, 0.25) is 15.1 Å². The number of carbonyl (C=O) groups excluding carboxylic acids is 8. The van der Waals surface area contributed by atoms with Crippen LogP contribution in [0.15, 0.2) is 163 Å². The van der Waals surface area contributed by atoms with Crippen molar-refractivity contribution in [3.63, 3.8) is 0 Å². The Balaban J connectivity index is 0.000000250. The number of nitriles is 2. The number of Topliss-reactive ketones (excluding diaryl/α,β-unsaturated/α-hetero) is 2. The van der Waals surface area contributed by atoms with E-state index in [2.05, 4.69) is 60.0 Å². The summed E-state index contributed by atoms with van der Waals surface area (Å²) in [6, 6.07) is 46.4. The fourth-order valence-electron chi connectivity index (χ4n) is 16.7. The molecule has 31 heteroatoms. The molecule has 0 bridgehead atoms. The second-order valence-corrected chi connectivity index (χ2v) is 38.6. The number of thiazole rings is 1. The zero-order chi connectivity index (χ0) is 93.4. The number of aliphatic hydroxyl groups excluding tert-OH is 4. The number of carbonyl (C=O) groups is 8. The lowest BCUT2D eigenvalue weighted by Crippen LogP contribution is -2.74. The minimum atomic E-state index is -1.42. The summed E-state index contributed by atoms with van der Waals surface area (Å²) in [6.45, 7) is 19.7. The normalized spacial score (nSPS) is 19.9. The van der Waals surface area contributed by atoms with E-state index in [-0.39, 0.29) is 113 Å². The van der Waals surface area contributed by atoms with Gasteiger partial charge in [-0.05, 0) is 143 Å². The van der Waals surface area contributed by atoms with E-state index in [9.17, 15) is 64.0 Å². The number of hydrogen-bond acceptors (Lipinski definition) is 22. The molecule has 8 atom stereocenters. The van der Waals surface area contributed by atoms with Crippen molar-refractivity contribution in [1.29, 1.82) is 10.5 Å². The van der Waals surface area contributed by atoms with E-state index in [1.807, 2.05) is 107 Å². The molecule has 129 heavy (non-hydrogen) atoms. The van der Waals surface area contributed by atoms with Crippen molar-refractivity contribution in [3.05, 3.63) is 217 Å². The fraction of sp³-hybridized carbons (Fsp3) is 0.439. The molecule has 1 aromatic heterocycles. The van der Waals surface area contributed by atoms with Gasteiger partial charge in [0.15, 0.2) is 11.6 Å². The fourth-order valence-corrected chi connectivity index (χ4v) is 18.1. The quantitative estimate of drug-likeness (QED) is 0.0169. The van der Waals surface area contributed by atoms with Crippen molar-refractivity contribution in [1.82, 2.24) is 36.1 Å². The Kier molecular flexibility index (Phi) is 33.4. The molecule has 4 aliphatic rings. The molecule has 7 aromatic carbocycles. The van der Waals surface area contributed by atoms with Crippen LogP contribution in [0.3, 0.4) is 0 Å². The molecule has 2 aliphatic heterocycles. The number of nitrogens with one attached hydrogen (secondary N) is 4. The highest BCUT2D eigenvalue weighted by molar-refractivity contribution is 7.13. The van der Waals surface area contributed by atoms with Gasteiger partial charge in [0.25, 0.3) is 11.8 Å².